The predicted molar refractivity (Wildman–Crippen MR) is 111 cm³/mol. The fourth-order valence-electron chi connectivity index (χ4n) is 2.70. The van der Waals surface area contributed by atoms with Gasteiger partial charge in [0.25, 0.3) is 15.9 Å². The highest BCUT2D eigenvalue weighted by Gasteiger charge is 2.22. The van der Waals surface area contributed by atoms with Crippen LogP contribution in [0.4, 0.5) is 11.6 Å². The Hall–Kier alpha value is -3.46. The molecule has 2 aromatic carbocycles. The molecule has 8 nitrogen and oxygen atoms in total. The van der Waals surface area contributed by atoms with Crippen molar-refractivity contribution >= 4 is 27.6 Å². The van der Waals surface area contributed by atoms with Crippen molar-refractivity contribution in [1.82, 2.24) is 15.4 Å². The molecule has 3 rings (SSSR count). The van der Waals surface area contributed by atoms with E-state index in [1.165, 1.54) is 35.6 Å². The summed E-state index contributed by atoms with van der Waals surface area (Å²) in [5.41, 5.74) is 7.36. The molecule has 1 heterocycles. The number of anilines is 2. The first-order valence-electron chi connectivity index (χ1n) is 8.80. The number of rotatable bonds is 6. The van der Waals surface area contributed by atoms with Crippen molar-refractivity contribution in [3.8, 4) is 0 Å². The number of nitrogens with zero attached hydrogens (tertiary/aromatic N) is 3. The molecule has 150 valence electrons. The van der Waals surface area contributed by atoms with Crippen molar-refractivity contribution < 1.29 is 13.2 Å². The summed E-state index contributed by atoms with van der Waals surface area (Å²) in [4.78, 5) is 20.8. The van der Waals surface area contributed by atoms with Gasteiger partial charge >= 0.3 is 0 Å². The molecular weight excluding hydrogens is 390 g/mol. The summed E-state index contributed by atoms with van der Waals surface area (Å²) in [6.45, 7) is 3.64. The van der Waals surface area contributed by atoms with E-state index in [1.807, 2.05) is 19.9 Å². The molecule has 0 radical (unpaired) electrons. The Balaban J connectivity index is 1.78. The molecular formula is C20H21N5O3S. The van der Waals surface area contributed by atoms with E-state index in [0.29, 0.717) is 5.69 Å². The highest BCUT2D eigenvalue weighted by atomic mass is 32.2. The van der Waals surface area contributed by atoms with Crippen LogP contribution >= 0.6 is 0 Å². The summed E-state index contributed by atoms with van der Waals surface area (Å²) in [7, 11) is -2.35. The Morgan fingerprint density at radius 2 is 1.59 bits per heavy atom. The third-order valence-corrected chi connectivity index (χ3v) is 5.93. The van der Waals surface area contributed by atoms with Crippen molar-refractivity contribution in [3.05, 3.63) is 77.6 Å². The highest BCUT2D eigenvalue weighted by molar-refractivity contribution is 7.92. The molecule has 9 heteroatoms. The molecule has 3 aromatic rings. The zero-order chi connectivity index (χ0) is 21.0. The second-order valence-electron chi connectivity index (χ2n) is 6.39. The third kappa shape index (κ3) is 4.69. The number of para-hydroxylation sites is 1. The van der Waals surface area contributed by atoms with Crippen molar-refractivity contribution in [2.75, 3.05) is 16.8 Å². The molecule has 2 N–H and O–H groups in total. The van der Waals surface area contributed by atoms with Gasteiger partial charge in [-0.25, -0.2) is 18.4 Å². The van der Waals surface area contributed by atoms with E-state index >= 15 is 0 Å². The largest absolute Gasteiger partial charge is 0.269 e. The second kappa shape index (κ2) is 8.27. The van der Waals surface area contributed by atoms with Gasteiger partial charge in [-0.1, -0.05) is 24.3 Å². The predicted octanol–water partition coefficient (Wildman–Crippen LogP) is 2.68. The first-order chi connectivity index (χ1) is 13.8. The zero-order valence-electron chi connectivity index (χ0n) is 16.2. The summed E-state index contributed by atoms with van der Waals surface area (Å²) >= 11 is 0. The van der Waals surface area contributed by atoms with Crippen molar-refractivity contribution in [2.45, 2.75) is 18.7 Å². The van der Waals surface area contributed by atoms with Crippen molar-refractivity contribution in [3.63, 3.8) is 0 Å². The number of hydrogen-bond acceptors (Lipinski definition) is 6. The van der Waals surface area contributed by atoms with Gasteiger partial charge < -0.3 is 0 Å². The maximum Gasteiger partial charge on any atom is 0.269 e. The summed E-state index contributed by atoms with van der Waals surface area (Å²) < 4.78 is 27.0. The Labute approximate surface area is 169 Å². The minimum atomic E-state index is -3.82. The summed E-state index contributed by atoms with van der Waals surface area (Å²) in [6.07, 6.45) is 0. The zero-order valence-corrected chi connectivity index (χ0v) is 17.1. The van der Waals surface area contributed by atoms with Gasteiger partial charge in [-0.3, -0.25) is 20.0 Å². The average Bonchev–Trinajstić information content (AvgIpc) is 2.71. The third-order valence-electron chi connectivity index (χ3n) is 4.14. The van der Waals surface area contributed by atoms with Crippen LogP contribution in [0.25, 0.3) is 0 Å². The van der Waals surface area contributed by atoms with Gasteiger partial charge in [0.05, 0.1) is 10.6 Å². The lowest BCUT2D eigenvalue weighted by atomic mass is 10.2. The van der Waals surface area contributed by atoms with Crippen molar-refractivity contribution in [1.29, 1.82) is 0 Å². The molecule has 0 bridgehead atoms. The minimum absolute atomic E-state index is 0.0131. The molecule has 0 unspecified atom stereocenters. The normalized spacial score (nSPS) is 11.0. The van der Waals surface area contributed by atoms with E-state index in [1.54, 1.807) is 30.3 Å². The van der Waals surface area contributed by atoms with Gasteiger partial charge in [-0.05, 0) is 50.2 Å². The number of nitrogens with one attached hydrogen (secondary N) is 2. The molecule has 29 heavy (non-hydrogen) atoms. The van der Waals surface area contributed by atoms with Gasteiger partial charge in [0.15, 0.2) is 0 Å². The van der Waals surface area contributed by atoms with E-state index in [2.05, 4.69) is 20.8 Å². The Morgan fingerprint density at radius 3 is 2.24 bits per heavy atom. The van der Waals surface area contributed by atoms with Crippen LogP contribution in [0.3, 0.4) is 0 Å². The van der Waals surface area contributed by atoms with E-state index in [4.69, 9.17) is 0 Å². The van der Waals surface area contributed by atoms with Crippen LogP contribution in [-0.4, -0.2) is 31.3 Å². The maximum absolute atomic E-state index is 12.9. The van der Waals surface area contributed by atoms with E-state index in [9.17, 15) is 13.2 Å². The molecule has 0 saturated carbocycles. The lowest BCUT2D eigenvalue weighted by Crippen LogP contribution is -2.31. The summed E-state index contributed by atoms with van der Waals surface area (Å²) in [5.74, 6) is -0.254. The number of hydrogen-bond donors (Lipinski definition) is 2. The molecule has 0 atom stereocenters. The molecule has 0 saturated heterocycles. The quantitative estimate of drug-likeness (QED) is 0.605. The number of aromatic nitrogens is 2. The molecule has 1 amide bonds. The fraction of sp³-hybridized carbons (Fsp3) is 0.150. The van der Waals surface area contributed by atoms with Crippen LogP contribution in [0.2, 0.25) is 0 Å². The van der Waals surface area contributed by atoms with Gasteiger partial charge in [-0.2, -0.15) is 0 Å². The van der Waals surface area contributed by atoms with Crippen LogP contribution in [0.1, 0.15) is 21.7 Å². The monoisotopic (exact) mass is 411 g/mol. The average molecular weight is 411 g/mol. The Kier molecular flexibility index (Phi) is 5.79. The van der Waals surface area contributed by atoms with E-state index in [-0.39, 0.29) is 16.4 Å². The molecule has 0 aliphatic rings. The molecule has 0 spiro atoms. The van der Waals surface area contributed by atoms with Gasteiger partial charge in [0.1, 0.15) is 0 Å². The van der Waals surface area contributed by atoms with Gasteiger partial charge in [0.2, 0.25) is 5.95 Å². The van der Waals surface area contributed by atoms with Crippen molar-refractivity contribution in [2.24, 2.45) is 0 Å². The van der Waals surface area contributed by atoms with Crippen LogP contribution in [0, 0.1) is 13.8 Å². The summed E-state index contributed by atoms with van der Waals surface area (Å²) in [5, 5.41) is 0. The summed E-state index contributed by atoms with van der Waals surface area (Å²) in [6, 6.07) is 16.3. The number of carbonyl (C=O) groups is 1. The van der Waals surface area contributed by atoms with E-state index < -0.39 is 15.9 Å². The number of carbonyl (C=O) groups excluding carboxylic acids is 1. The molecule has 0 aliphatic carbocycles. The van der Waals surface area contributed by atoms with Crippen LogP contribution in [0.5, 0.6) is 0 Å². The highest BCUT2D eigenvalue weighted by Crippen LogP contribution is 2.22. The van der Waals surface area contributed by atoms with Gasteiger partial charge in [0, 0.05) is 24.0 Å². The number of hydrazine groups is 1. The number of sulfonamides is 1. The number of amides is 1. The lowest BCUT2D eigenvalue weighted by molar-refractivity contribution is 0.0962. The van der Waals surface area contributed by atoms with Crippen LogP contribution in [-0.2, 0) is 10.0 Å². The molecule has 0 aliphatic heterocycles. The topological polar surface area (TPSA) is 104 Å². The SMILES string of the molecule is Cc1cc(C)nc(NNC(=O)c2cccc(S(=O)(=O)N(C)c3ccccc3)c2)n1. The lowest BCUT2D eigenvalue weighted by Gasteiger charge is -2.19. The second-order valence-corrected chi connectivity index (χ2v) is 8.36. The number of benzene rings is 2. The standard InChI is InChI=1S/C20H21N5O3S/c1-14-12-15(2)22-20(21-14)24-23-19(26)16-8-7-11-18(13-16)29(27,28)25(3)17-9-5-4-6-10-17/h4-13H,1-3H3,(H,23,26)(H,21,22,24). The van der Waals surface area contributed by atoms with E-state index in [0.717, 1.165) is 11.4 Å². The molecule has 1 aromatic heterocycles. The molecule has 0 fully saturated rings. The number of aryl methyl sites for hydroxylation is 2. The van der Waals surface area contributed by atoms with Gasteiger partial charge in [-0.15, -0.1) is 0 Å². The maximum atomic E-state index is 12.9. The first kappa shape index (κ1) is 20.3. The van der Waals surface area contributed by atoms with Crippen LogP contribution in [0.15, 0.2) is 65.6 Å². The Morgan fingerprint density at radius 1 is 0.931 bits per heavy atom. The smallest absolute Gasteiger partial charge is 0.269 e. The minimum Gasteiger partial charge on any atom is -0.269 e. The Bertz CT molecular complexity index is 1110. The fourth-order valence-corrected chi connectivity index (χ4v) is 3.94. The first-order valence-corrected chi connectivity index (χ1v) is 10.2. The van der Waals surface area contributed by atoms with Crippen LogP contribution < -0.4 is 15.2 Å².